The van der Waals surface area contributed by atoms with Crippen LogP contribution in [-0.4, -0.2) is 18.3 Å². The molecule has 1 N–H and O–H groups in total. The topological polar surface area (TPSA) is 38.7 Å². The Labute approximate surface area is 83.3 Å². The lowest BCUT2D eigenvalue weighted by molar-refractivity contribution is -0.0442. The highest BCUT2D eigenvalue weighted by Gasteiger charge is 2.18. The predicted molar refractivity (Wildman–Crippen MR) is 51.7 cm³/mol. The number of ether oxygens (including phenoxy) is 2. The Balaban J connectivity index is 2.21. The first-order chi connectivity index (χ1) is 6.77. The standard InChI is InChI=1S/C11H14O3/c1-8(12)9-3-2-4-10(7-9)11-13-5-6-14-11/h2-4,7-8,11-12H,5-6H2,1H3. The number of hydrogen-bond acceptors (Lipinski definition) is 3. The second kappa shape index (κ2) is 4.09. The van der Waals surface area contributed by atoms with E-state index in [1.54, 1.807) is 6.92 Å². The number of hydrogen-bond donors (Lipinski definition) is 1. The molecule has 0 spiro atoms. The van der Waals surface area contributed by atoms with Gasteiger partial charge in [-0.1, -0.05) is 18.2 Å². The molecule has 3 nitrogen and oxygen atoms in total. The zero-order valence-electron chi connectivity index (χ0n) is 8.14. The van der Waals surface area contributed by atoms with Crippen LogP contribution >= 0.6 is 0 Å². The van der Waals surface area contributed by atoms with E-state index in [2.05, 4.69) is 0 Å². The Hall–Kier alpha value is -0.900. The van der Waals surface area contributed by atoms with Crippen LogP contribution < -0.4 is 0 Å². The summed E-state index contributed by atoms with van der Waals surface area (Å²) in [5.41, 5.74) is 1.86. The highest BCUT2D eigenvalue weighted by Crippen LogP contribution is 2.25. The Morgan fingerprint density at radius 1 is 1.36 bits per heavy atom. The molecule has 1 saturated heterocycles. The Kier molecular flexibility index (Phi) is 2.82. The van der Waals surface area contributed by atoms with Gasteiger partial charge in [0, 0.05) is 5.56 Å². The molecule has 1 aliphatic heterocycles. The SMILES string of the molecule is CC(O)c1cccc(C2OCCO2)c1. The first-order valence-electron chi connectivity index (χ1n) is 4.78. The van der Waals surface area contributed by atoms with E-state index in [1.165, 1.54) is 0 Å². The maximum absolute atomic E-state index is 9.41. The molecule has 0 radical (unpaired) electrons. The summed E-state index contributed by atoms with van der Waals surface area (Å²) in [6, 6.07) is 7.66. The van der Waals surface area contributed by atoms with Crippen LogP contribution in [0.3, 0.4) is 0 Å². The Morgan fingerprint density at radius 2 is 2.07 bits per heavy atom. The fourth-order valence-corrected chi connectivity index (χ4v) is 1.52. The van der Waals surface area contributed by atoms with E-state index < -0.39 is 6.10 Å². The quantitative estimate of drug-likeness (QED) is 0.780. The number of benzene rings is 1. The molecule has 1 aliphatic rings. The zero-order valence-corrected chi connectivity index (χ0v) is 8.14. The van der Waals surface area contributed by atoms with Crippen molar-refractivity contribution in [1.29, 1.82) is 0 Å². The van der Waals surface area contributed by atoms with Crippen LogP contribution in [0.2, 0.25) is 0 Å². The maximum atomic E-state index is 9.41. The van der Waals surface area contributed by atoms with Gasteiger partial charge in [0.2, 0.25) is 0 Å². The van der Waals surface area contributed by atoms with Gasteiger partial charge in [-0.15, -0.1) is 0 Å². The van der Waals surface area contributed by atoms with Crippen molar-refractivity contribution in [3.63, 3.8) is 0 Å². The van der Waals surface area contributed by atoms with E-state index in [0.29, 0.717) is 13.2 Å². The van der Waals surface area contributed by atoms with Crippen LogP contribution in [0.4, 0.5) is 0 Å². The first-order valence-corrected chi connectivity index (χ1v) is 4.78. The van der Waals surface area contributed by atoms with Crippen molar-refractivity contribution in [3.8, 4) is 0 Å². The van der Waals surface area contributed by atoms with Gasteiger partial charge in [-0.05, 0) is 18.6 Å². The molecule has 3 heteroatoms. The third-order valence-corrected chi connectivity index (χ3v) is 2.29. The summed E-state index contributed by atoms with van der Waals surface area (Å²) in [5.74, 6) is 0. The van der Waals surface area contributed by atoms with Gasteiger partial charge in [0.15, 0.2) is 6.29 Å². The molecule has 1 aromatic rings. The molecular formula is C11H14O3. The monoisotopic (exact) mass is 194 g/mol. The summed E-state index contributed by atoms with van der Waals surface area (Å²) in [7, 11) is 0. The normalized spacial score (nSPS) is 19.9. The summed E-state index contributed by atoms with van der Waals surface area (Å²) in [6.45, 7) is 3.03. The van der Waals surface area contributed by atoms with Gasteiger partial charge in [0.05, 0.1) is 19.3 Å². The fraction of sp³-hybridized carbons (Fsp3) is 0.455. The molecule has 2 rings (SSSR count). The molecule has 0 aliphatic carbocycles. The zero-order chi connectivity index (χ0) is 9.97. The maximum Gasteiger partial charge on any atom is 0.184 e. The molecule has 0 bridgehead atoms. The predicted octanol–water partition coefficient (Wildman–Crippen LogP) is 1.79. The van der Waals surface area contributed by atoms with Gasteiger partial charge < -0.3 is 14.6 Å². The summed E-state index contributed by atoms with van der Waals surface area (Å²) in [5, 5.41) is 9.41. The number of rotatable bonds is 2. The molecule has 76 valence electrons. The van der Waals surface area contributed by atoms with Gasteiger partial charge in [-0.2, -0.15) is 0 Å². The molecular weight excluding hydrogens is 180 g/mol. The third kappa shape index (κ3) is 1.95. The van der Waals surface area contributed by atoms with Gasteiger partial charge >= 0.3 is 0 Å². The van der Waals surface area contributed by atoms with Crippen LogP contribution in [0.5, 0.6) is 0 Å². The lowest BCUT2D eigenvalue weighted by atomic mass is 10.1. The largest absolute Gasteiger partial charge is 0.389 e. The van der Waals surface area contributed by atoms with Crippen molar-refractivity contribution in [2.24, 2.45) is 0 Å². The first kappa shape index (κ1) is 9.65. The molecule has 14 heavy (non-hydrogen) atoms. The lowest BCUT2D eigenvalue weighted by Gasteiger charge is -2.11. The van der Waals surface area contributed by atoms with Gasteiger partial charge in [0.1, 0.15) is 0 Å². The van der Waals surface area contributed by atoms with Gasteiger partial charge in [-0.25, -0.2) is 0 Å². The number of aliphatic hydroxyl groups excluding tert-OH is 1. The van der Waals surface area contributed by atoms with Gasteiger partial charge in [-0.3, -0.25) is 0 Å². The minimum atomic E-state index is -0.448. The summed E-state index contributed by atoms with van der Waals surface area (Å²) >= 11 is 0. The number of aliphatic hydroxyl groups is 1. The molecule has 1 unspecified atom stereocenters. The van der Waals surface area contributed by atoms with Crippen LogP contribution in [0.1, 0.15) is 30.4 Å². The second-order valence-electron chi connectivity index (χ2n) is 3.42. The molecule has 0 aromatic heterocycles. The van der Waals surface area contributed by atoms with Crippen LogP contribution in [0.25, 0.3) is 0 Å². The molecule has 1 aromatic carbocycles. The van der Waals surface area contributed by atoms with Crippen LogP contribution in [0, 0.1) is 0 Å². The average molecular weight is 194 g/mol. The Morgan fingerprint density at radius 3 is 2.71 bits per heavy atom. The summed E-state index contributed by atoms with van der Waals surface area (Å²) in [6.07, 6.45) is -0.704. The van der Waals surface area contributed by atoms with E-state index in [9.17, 15) is 5.11 Å². The third-order valence-electron chi connectivity index (χ3n) is 2.29. The molecule has 1 fully saturated rings. The highest BCUT2D eigenvalue weighted by molar-refractivity contribution is 5.25. The second-order valence-corrected chi connectivity index (χ2v) is 3.42. The van der Waals surface area contributed by atoms with E-state index in [4.69, 9.17) is 9.47 Å². The van der Waals surface area contributed by atoms with Crippen molar-refractivity contribution >= 4 is 0 Å². The minimum Gasteiger partial charge on any atom is -0.389 e. The molecule has 0 saturated carbocycles. The van der Waals surface area contributed by atoms with E-state index >= 15 is 0 Å². The van der Waals surface area contributed by atoms with Crippen molar-refractivity contribution in [2.75, 3.05) is 13.2 Å². The highest BCUT2D eigenvalue weighted by atomic mass is 16.7. The average Bonchev–Trinajstić information content (AvgIpc) is 2.71. The van der Waals surface area contributed by atoms with Crippen molar-refractivity contribution in [3.05, 3.63) is 35.4 Å². The molecule has 0 amide bonds. The van der Waals surface area contributed by atoms with Crippen LogP contribution in [0.15, 0.2) is 24.3 Å². The summed E-state index contributed by atoms with van der Waals surface area (Å²) < 4.78 is 10.7. The smallest absolute Gasteiger partial charge is 0.184 e. The van der Waals surface area contributed by atoms with E-state index in [0.717, 1.165) is 11.1 Å². The summed E-state index contributed by atoms with van der Waals surface area (Å²) in [4.78, 5) is 0. The van der Waals surface area contributed by atoms with Crippen molar-refractivity contribution in [1.82, 2.24) is 0 Å². The van der Waals surface area contributed by atoms with Crippen LogP contribution in [-0.2, 0) is 9.47 Å². The van der Waals surface area contributed by atoms with Crippen molar-refractivity contribution in [2.45, 2.75) is 19.3 Å². The minimum absolute atomic E-state index is 0.256. The Bertz CT molecular complexity index is 303. The van der Waals surface area contributed by atoms with Crippen molar-refractivity contribution < 1.29 is 14.6 Å². The van der Waals surface area contributed by atoms with E-state index in [1.807, 2.05) is 24.3 Å². The molecule has 1 heterocycles. The van der Waals surface area contributed by atoms with Gasteiger partial charge in [0.25, 0.3) is 0 Å². The van der Waals surface area contributed by atoms with E-state index in [-0.39, 0.29) is 6.29 Å². The lowest BCUT2D eigenvalue weighted by Crippen LogP contribution is -2.00. The molecule has 1 atom stereocenters. The fourth-order valence-electron chi connectivity index (χ4n) is 1.52.